The van der Waals surface area contributed by atoms with Crippen LogP contribution in [0.3, 0.4) is 0 Å². The summed E-state index contributed by atoms with van der Waals surface area (Å²) in [5.41, 5.74) is 0. The Balaban J connectivity index is 1.32. The number of nitrogens with zero attached hydrogens (tertiary/aromatic N) is 4. The van der Waals surface area contributed by atoms with E-state index in [0.717, 1.165) is 58.1 Å². The number of hydrogen-bond donors (Lipinski definition) is 1. The van der Waals surface area contributed by atoms with Crippen molar-refractivity contribution in [1.82, 2.24) is 20.1 Å². The Bertz CT molecular complexity index is 619. The molecule has 2 saturated heterocycles. The monoisotopic (exact) mass is 417 g/mol. The number of rotatable bonds is 10. The van der Waals surface area contributed by atoms with Crippen molar-refractivity contribution >= 4 is 11.7 Å². The minimum atomic E-state index is 0.143. The summed E-state index contributed by atoms with van der Waals surface area (Å²) in [7, 11) is 0. The zero-order valence-electron chi connectivity index (χ0n) is 18.8. The third-order valence-electron chi connectivity index (χ3n) is 5.93. The molecule has 0 aromatic carbocycles. The highest BCUT2D eigenvalue weighted by Crippen LogP contribution is 2.19. The van der Waals surface area contributed by atoms with Crippen LogP contribution in [0.15, 0.2) is 24.4 Å². The summed E-state index contributed by atoms with van der Waals surface area (Å²) in [5.74, 6) is 1.89. The molecule has 0 radical (unpaired) electrons. The van der Waals surface area contributed by atoms with E-state index in [1.807, 2.05) is 26.1 Å². The SMILES string of the molecule is CC(C)OCCCNC(=O)CN1CCCC(CN2CCN(c3ccccn3)CC2)C1. The first-order valence-electron chi connectivity index (χ1n) is 11.6. The van der Waals surface area contributed by atoms with Gasteiger partial charge in [0.25, 0.3) is 0 Å². The van der Waals surface area contributed by atoms with E-state index in [1.54, 1.807) is 0 Å². The fourth-order valence-corrected chi connectivity index (χ4v) is 4.39. The number of nitrogens with one attached hydrogen (secondary N) is 1. The predicted octanol–water partition coefficient (Wildman–Crippen LogP) is 1.85. The number of amides is 1. The largest absolute Gasteiger partial charge is 0.379 e. The molecule has 30 heavy (non-hydrogen) atoms. The lowest BCUT2D eigenvalue weighted by molar-refractivity contribution is -0.122. The van der Waals surface area contributed by atoms with Gasteiger partial charge in [-0.15, -0.1) is 0 Å². The number of pyridine rings is 1. The molecular formula is C23H39N5O2. The Kier molecular flexibility index (Phi) is 9.36. The first-order chi connectivity index (χ1) is 14.6. The van der Waals surface area contributed by atoms with Crippen molar-refractivity contribution in [3.8, 4) is 0 Å². The molecule has 3 rings (SSSR count). The van der Waals surface area contributed by atoms with Crippen LogP contribution in [0.2, 0.25) is 0 Å². The average Bonchev–Trinajstić information content (AvgIpc) is 2.75. The third kappa shape index (κ3) is 7.85. The molecule has 1 atom stereocenters. The number of piperazine rings is 1. The van der Waals surface area contributed by atoms with Crippen molar-refractivity contribution in [2.24, 2.45) is 5.92 Å². The highest BCUT2D eigenvalue weighted by Gasteiger charge is 2.25. The summed E-state index contributed by atoms with van der Waals surface area (Å²) in [6, 6.07) is 6.12. The summed E-state index contributed by atoms with van der Waals surface area (Å²) < 4.78 is 5.52. The Morgan fingerprint density at radius 1 is 1.20 bits per heavy atom. The molecule has 2 aliphatic heterocycles. The lowest BCUT2D eigenvalue weighted by Crippen LogP contribution is -2.50. The molecule has 0 bridgehead atoms. The Morgan fingerprint density at radius 2 is 2.03 bits per heavy atom. The number of carbonyl (C=O) groups excluding carboxylic acids is 1. The second-order valence-corrected chi connectivity index (χ2v) is 8.84. The quantitative estimate of drug-likeness (QED) is 0.587. The molecule has 168 valence electrons. The molecule has 2 fully saturated rings. The van der Waals surface area contributed by atoms with Crippen LogP contribution in [0.1, 0.15) is 33.1 Å². The fourth-order valence-electron chi connectivity index (χ4n) is 4.39. The first kappa shape index (κ1) is 23.0. The zero-order valence-corrected chi connectivity index (χ0v) is 18.8. The van der Waals surface area contributed by atoms with Crippen LogP contribution in [0.25, 0.3) is 0 Å². The maximum Gasteiger partial charge on any atom is 0.234 e. The van der Waals surface area contributed by atoms with Crippen LogP contribution in [0.5, 0.6) is 0 Å². The minimum absolute atomic E-state index is 0.143. The standard InChI is InChI=1S/C23H39N5O2/c1-20(2)30-16-6-10-25-23(29)19-27-11-5-7-21(18-27)17-26-12-14-28(15-13-26)22-8-3-4-9-24-22/h3-4,8-9,20-21H,5-7,10-19H2,1-2H3,(H,25,29). The molecule has 1 aromatic heterocycles. The van der Waals surface area contributed by atoms with E-state index < -0.39 is 0 Å². The maximum atomic E-state index is 12.3. The van der Waals surface area contributed by atoms with Gasteiger partial charge in [0.05, 0.1) is 12.6 Å². The van der Waals surface area contributed by atoms with Crippen molar-refractivity contribution in [1.29, 1.82) is 0 Å². The van der Waals surface area contributed by atoms with Gasteiger partial charge in [0, 0.05) is 58.6 Å². The molecule has 3 heterocycles. The molecule has 0 spiro atoms. The molecule has 1 aromatic rings. The smallest absolute Gasteiger partial charge is 0.234 e. The Labute approximate surface area is 181 Å². The third-order valence-corrected chi connectivity index (χ3v) is 5.93. The van der Waals surface area contributed by atoms with E-state index in [9.17, 15) is 4.79 Å². The fraction of sp³-hybridized carbons (Fsp3) is 0.739. The van der Waals surface area contributed by atoms with Crippen LogP contribution in [-0.2, 0) is 9.53 Å². The normalized spacial score (nSPS) is 21.2. The molecule has 7 nitrogen and oxygen atoms in total. The summed E-state index contributed by atoms with van der Waals surface area (Å²) in [4.78, 5) is 24.0. The highest BCUT2D eigenvalue weighted by molar-refractivity contribution is 5.77. The minimum Gasteiger partial charge on any atom is -0.379 e. The van der Waals surface area contributed by atoms with Crippen molar-refractivity contribution in [3.63, 3.8) is 0 Å². The second-order valence-electron chi connectivity index (χ2n) is 8.84. The van der Waals surface area contributed by atoms with Gasteiger partial charge in [-0.05, 0) is 57.7 Å². The number of carbonyl (C=O) groups is 1. The van der Waals surface area contributed by atoms with E-state index >= 15 is 0 Å². The molecule has 0 aliphatic carbocycles. The number of ether oxygens (including phenoxy) is 1. The average molecular weight is 418 g/mol. The number of aromatic nitrogens is 1. The number of hydrogen-bond acceptors (Lipinski definition) is 6. The molecule has 7 heteroatoms. The lowest BCUT2D eigenvalue weighted by atomic mass is 9.97. The number of piperidine rings is 1. The van der Waals surface area contributed by atoms with E-state index in [4.69, 9.17) is 4.74 Å². The highest BCUT2D eigenvalue weighted by atomic mass is 16.5. The van der Waals surface area contributed by atoms with E-state index in [2.05, 4.69) is 37.1 Å². The van der Waals surface area contributed by atoms with E-state index in [-0.39, 0.29) is 12.0 Å². The Morgan fingerprint density at radius 3 is 2.77 bits per heavy atom. The van der Waals surface area contributed by atoms with Crippen LogP contribution in [0, 0.1) is 5.92 Å². The number of likely N-dealkylation sites (tertiary alicyclic amines) is 1. The first-order valence-corrected chi connectivity index (χ1v) is 11.6. The van der Waals surface area contributed by atoms with Gasteiger partial charge in [0.15, 0.2) is 0 Å². The molecule has 1 N–H and O–H groups in total. The number of anilines is 1. The van der Waals surface area contributed by atoms with Crippen molar-refractivity contribution in [3.05, 3.63) is 24.4 Å². The van der Waals surface area contributed by atoms with Gasteiger partial charge in [0.2, 0.25) is 5.91 Å². The zero-order chi connectivity index (χ0) is 21.2. The van der Waals surface area contributed by atoms with E-state index in [1.165, 1.54) is 12.8 Å². The van der Waals surface area contributed by atoms with Gasteiger partial charge in [0.1, 0.15) is 5.82 Å². The molecular weight excluding hydrogens is 378 g/mol. The van der Waals surface area contributed by atoms with Crippen molar-refractivity contribution in [2.75, 3.05) is 70.4 Å². The predicted molar refractivity (Wildman–Crippen MR) is 121 cm³/mol. The van der Waals surface area contributed by atoms with Crippen LogP contribution < -0.4 is 10.2 Å². The topological polar surface area (TPSA) is 60.9 Å². The molecule has 1 amide bonds. The van der Waals surface area contributed by atoms with Crippen LogP contribution in [0.4, 0.5) is 5.82 Å². The van der Waals surface area contributed by atoms with Crippen molar-refractivity contribution < 1.29 is 9.53 Å². The van der Waals surface area contributed by atoms with Gasteiger partial charge in [-0.2, -0.15) is 0 Å². The summed E-state index contributed by atoms with van der Waals surface area (Å²) in [6.45, 7) is 13.5. The summed E-state index contributed by atoms with van der Waals surface area (Å²) in [6.07, 6.45) is 5.45. The van der Waals surface area contributed by atoms with Crippen molar-refractivity contribution in [2.45, 2.75) is 39.2 Å². The van der Waals surface area contributed by atoms with Crippen LogP contribution in [-0.4, -0.2) is 92.3 Å². The molecule has 1 unspecified atom stereocenters. The lowest BCUT2D eigenvalue weighted by Gasteiger charge is -2.39. The van der Waals surface area contributed by atoms with Gasteiger partial charge < -0.3 is 15.0 Å². The Hall–Kier alpha value is -1.70. The maximum absolute atomic E-state index is 12.3. The molecule has 0 saturated carbocycles. The molecule has 2 aliphatic rings. The summed E-state index contributed by atoms with van der Waals surface area (Å²) in [5, 5.41) is 3.04. The van der Waals surface area contributed by atoms with E-state index in [0.29, 0.717) is 25.6 Å². The van der Waals surface area contributed by atoms with Crippen LogP contribution >= 0.6 is 0 Å². The van der Waals surface area contributed by atoms with Gasteiger partial charge in [-0.3, -0.25) is 14.6 Å². The van der Waals surface area contributed by atoms with Gasteiger partial charge >= 0.3 is 0 Å². The summed E-state index contributed by atoms with van der Waals surface area (Å²) >= 11 is 0. The van der Waals surface area contributed by atoms with Gasteiger partial charge in [-0.1, -0.05) is 6.07 Å². The second kappa shape index (κ2) is 12.2. The van der Waals surface area contributed by atoms with Gasteiger partial charge in [-0.25, -0.2) is 4.98 Å².